The maximum absolute atomic E-state index is 12.1. The van der Waals surface area contributed by atoms with Crippen LogP contribution in [-0.4, -0.2) is 16.2 Å². The summed E-state index contributed by atoms with van der Waals surface area (Å²) < 4.78 is 4.92. The van der Waals surface area contributed by atoms with Crippen LogP contribution in [0.15, 0.2) is 65.4 Å². The first-order valence-electron chi connectivity index (χ1n) is 6.35. The van der Waals surface area contributed by atoms with Crippen LogP contribution >= 0.6 is 0 Å². The van der Waals surface area contributed by atoms with E-state index >= 15 is 0 Å². The van der Waals surface area contributed by atoms with Crippen molar-refractivity contribution in [2.75, 3.05) is 5.32 Å². The Hall–Kier alpha value is -3.08. The summed E-state index contributed by atoms with van der Waals surface area (Å²) in [7, 11) is 0. The highest BCUT2D eigenvalue weighted by Crippen LogP contribution is 2.33. The summed E-state index contributed by atoms with van der Waals surface area (Å²) in [5, 5.41) is 16.3. The number of aromatic nitrogens is 1. The van der Waals surface area contributed by atoms with E-state index < -0.39 is 0 Å². The van der Waals surface area contributed by atoms with Gasteiger partial charge < -0.3 is 14.9 Å². The van der Waals surface area contributed by atoms with Crippen LogP contribution in [0.25, 0.3) is 11.1 Å². The topological polar surface area (TPSA) is 75.4 Å². The number of amides is 1. The molecule has 104 valence electrons. The third kappa shape index (κ3) is 2.62. The Morgan fingerprint density at radius 1 is 1.00 bits per heavy atom. The standard InChI is InChI=1S/C16H12N2O3/c19-14-9-5-4-8-12(14)13-10-21-18-15(13)17-16(20)11-6-2-1-3-7-11/h1-10,19H,(H,17,18,20). The monoisotopic (exact) mass is 280 g/mol. The first-order valence-corrected chi connectivity index (χ1v) is 6.35. The molecule has 0 saturated heterocycles. The number of nitrogens with one attached hydrogen (secondary N) is 1. The second-order valence-corrected chi connectivity index (χ2v) is 4.41. The summed E-state index contributed by atoms with van der Waals surface area (Å²) in [6, 6.07) is 15.6. The summed E-state index contributed by atoms with van der Waals surface area (Å²) in [5.74, 6) is 0.0717. The first kappa shape index (κ1) is 12.9. The molecule has 0 aliphatic rings. The molecular weight excluding hydrogens is 268 g/mol. The molecule has 0 aliphatic carbocycles. The molecule has 1 aromatic heterocycles. The Kier molecular flexibility index (Phi) is 3.39. The SMILES string of the molecule is O=C(Nc1nocc1-c1ccccc1O)c1ccccc1. The Bertz CT molecular complexity index is 766. The van der Waals surface area contributed by atoms with E-state index in [1.807, 2.05) is 6.07 Å². The number of benzene rings is 2. The quantitative estimate of drug-likeness (QED) is 0.771. The van der Waals surface area contributed by atoms with Gasteiger partial charge in [0.15, 0.2) is 5.82 Å². The van der Waals surface area contributed by atoms with Crippen molar-refractivity contribution in [2.24, 2.45) is 0 Å². The van der Waals surface area contributed by atoms with E-state index in [-0.39, 0.29) is 17.5 Å². The lowest BCUT2D eigenvalue weighted by molar-refractivity contribution is 0.102. The number of carbonyl (C=O) groups is 1. The van der Waals surface area contributed by atoms with Gasteiger partial charge in [0.1, 0.15) is 12.0 Å². The third-order valence-electron chi connectivity index (χ3n) is 3.03. The van der Waals surface area contributed by atoms with Gasteiger partial charge in [-0.25, -0.2) is 0 Å². The predicted molar refractivity (Wildman–Crippen MR) is 78.0 cm³/mol. The largest absolute Gasteiger partial charge is 0.507 e. The molecule has 0 bridgehead atoms. The Morgan fingerprint density at radius 2 is 1.71 bits per heavy atom. The summed E-state index contributed by atoms with van der Waals surface area (Å²) in [6.45, 7) is 0. The van der Waals surface area contributed by atoms with E-state index in [0.717, 1.165) is 0 Å². The minimum Gasteiger partial charge on any atom is -0.507 e. The smallest absolute Gasteiger partial charge is 0.256 e. The highest BCUT2D eigenvalue weighted by atomic mass is 16.5. The zero-order valence-corrected chi connectivity index (χ0v) is 11.0. The molecule has 2 aromatic carbocycles. The molecule has 0 spiro atoms. The van der Waals surface area contributed by atoms with Gasteiger partial charge in [-0.3, -0.25) is 4.79 Å². The van der Waals surface area contributed by atoms with Crippen LogP contribution in [0.3, 0.4) is 0 Å². The summed E-state index contributed by atoms with van der Waals surface area (Å²) in [5.41, 5.74) is 1.59. The van der Waals surface area contributed by atoms with Crippen molar-refractivity contribution >= 4 is 11.7 Å². The first-order chi connectivity index (χ1) is 10.3. The van der Waals surface area contributed by atoms with Crippen LogP contribution in [0.2, 0.25) is 0 Å². The number of hydrogen-bond donors (Lipinski definition) is 2. The van der Waals surface area contributed by atoms with Crippen molar-refractivity contribution in [3.05, 3.63) is 66.4 Å². The van der Waals surface area contributed by atoms with E-state index in [9.17, 15) is 9.90 Å². The molecule has 3 aromatic rings. The van der Waals surface area contributed by atoms with Crippen molar-refractivity contribution in [1.29, 1.82) is 0 Å². The van der Waals surface area contributed by atoms with Crippen molar-refractivity contribution < 1.29 is 14.4 Å². The zero-order chi connectivity index (χ0) is 14.7. The molecule has 1 heterocycles. The Balaban J connectivity index is 1.90. The number of aromatic hydroxyl groups is 1. The van der Waals surface area contributed by atoms with E-state index in [4.69, 9.17) is 4.52 Å². The third-order valence-corrected chi connectivity index (χ3v) is 3.03. The molecular formula is C16H12N2O3. The molecule has 0 atom stereocenters. The number of phenols is 1. The van der Waals surface area contributed by atoms with E-state index in [1.165, 1.54) is 6.26 Å². The van der Waals surface area contributed by atoms with Crippen molar-refractivity contribution in [3.8, 4) is 16.9 Å². The number of para-hydroxylation sites is 1. The Labute approximate surface area is 120 Å². The van der Waals surface area contributed by atoms with Gasteiger partial charge in [0.05, 0.1) is 5.56 Å². The highest BCUT2D eigenvalue weighted by molar-refractivity contribution is 6.05. The molecule has 5 nitrogen and oxygen atoms in total. The molecule has 21 heavy (non-hydrogen) atoms. The number of phenolic OH excluding ortho intramolecular Hbond substituents is 1. The second-order valence-electron chi connectivity index (χ2n) is 4.41. The van der Waals surface area contributed by atoms with Crippen molar-refractivity contribution in [2.45, 2.75) is 0 Å². The van der Waals surface area contributed by atoms with Gasteiger partial charge in [0, 0.05) is 11.1 Å². The van der Waals surface area contributed by atoms with E-state index in [0.29, 0.717) is 16.7 Å². The van der Waals surface area contributed by atoms with Gasteiger partial charge in [-0.2, -0.15) is 0 Å². The highest BCUT2D eigenvalue weighted by Gasteiger charge is 2.16. The van der Waals surface area contributed by atoms with Crippen molar-refractivity contribution in [1.82, 2.24) is 5.16 Å². The van der Waals surface area contributed by atoms with Crippen LogP contribution in [-0.2, 0) is 0 Å². The summed E-state index contributed by atoms with van der Waals surface area (Å²) in [6.07, 6.45) is 1.38. The zero-order valence-electron chi connectivity index (χ0n) is 11.0. The predicted octanol–water partition coefficient (Wildman–Crippen LogP) is 3.30. The minimum absolute atomic E-state index is 0.0934. The lowest BCUT2D eigenvalue weighted by atomic mass is 10.1. The Morgan fingerprint density at radius 3 is 2.48 bits per heavy atom. The average molecular weight is 280 g/mol. The lowest BCUT2D eigenvalue weighted by Crippen LogP contribution is -2.12. The van der Waals surface area contributed by atoms with Crippen LogP contribution in [0, 0.1) is 0 Å². The fourth-order valence-corrected chi connectivity index (χ4v) is 1.99. The van der Waals surface area contributed by atoms with Gasteiger partial charge >= 0.3 is 0 Å². The second kappa shape index (κ2) is 5.50. The van der Waals surface area contributed by atoms with Crippen LogP contribution in [0.5, 0.6) is 5.75 Å². The molecule has 5 heteroatoms. The number of carbonyl (C=O) groups excluding carboxylic acids is 1. The molecule has 0 fully saturated rings. The van der Waals surface area contributed by atoms with Gasteiger partial charge in [0.2, 0.25) is 0 Å². The molecule has 2 N–H and O–H groups in total. The fourth-order valence-electron chi connectivity index (χ4n) is 1.99. The lowest BCUT2D eigenvalue weighted by Gasteiger charge is -2.05. The van der Waals surface area contributed by atoms with E-state index in [1.54, 1.807) is 48.5 Å². The van der Waals surface area contributed by atoms with Gasteiger partial charge in [-0.1, -0.05) is 41.6 Å². The molecule has 0 radical (unpaired) electrons. The van der Waals surface area contributed by atoms with Gasteiger partial charge in [0.25, 0.3) is 5.91 Å². The van der Waals surface area contributed by atoms with Gasteiger partial charge in [-0.05, 0) is 18.2 Å². The van der Waals surface area contributed by atoms with Crippen molar-refractivity contribution in [3.63, 3.8) is 0 Å². The van der Waals surface area contributed by atoms with E-state index in [2.05, 4.69) is 10.5 Å². The summed E-state index contributed by atoms with van der Waals surface area (Å²) >= 11 is 0. The number of rotatable bonds is 3. The molecule has 0 aliphatic heterocycles. The maximum atomic E-state index is 12.1. The van der Waals surface area contributed by atoms with Crippen LogP contribution in [0.1, 0.15) is 10.4 Å². The van der Waals surface area contributed by atoms with Crippen LogP contribution < -0.4 is 5.32 Å². The maximum Gasteiger partial charge on any atom is 0.256 e. The van der Waals surface area contributed by atoms with Gasteiger partial charge in [-0.15, -0.1) is 0 Å². The summed E-state index contributed by atoms with van der Waals surface area (Å²) in [4.78, 5) is 12.1. The molecule has 0 unspecified atom stereocenters. The average Bonchev–Trinajstić information content (AvgIpc) is 2.96. The number of nitrogens with zero attached hydrogens (tertiary/aromatic N) is 1. The normalized spacial score (nSPS) is 10.3. The number of anilines is 1. The fraction of sp³-hybridized carbons (Fsp3) is 0. The molecule has 3 rings (SSSR count). The molecule has 1 amide bonds. The minimum atomic E-state index is -0.291. The number of hydrogen-bond acceptors (Lipinski definition) is 4. The molecule has 0 saturated carbocycles. The van der Waals surface area contributed by atoms with Crippen LogP contribution in [0.4, 0.5) is 5.82 Å².